The van der Waals surface area contributed by atoms with Crippen molar-refractivity contribution in [3.63, 3.8) is 0 Å². The van der Waals surface area contributed by atoms with Crippen LogP contribution in [0.15, 0.2) is 0 Å². The quantitative estimate of drug-likeness (QED) is 0.202. The average molecular weight is 384 g/mol. The van der Waals surface area contributed by atoms with Gasteiger partial charge in [0.15, 0.2) is 0 Å². The fourth-order valence-electron chi connectivity index (χ4n) is 3.89. The van der Waals surface area contributed by atoms with Crippen molar-refractivity contribution in [2.24, 2.45) is 11.7 Å². The molecule has 0 amide bonds. The molecule has 162 valence electrons. The lowest BCUT2D eigenvalue weighted by Crippen LogP contribution is -2.27. The third kappa shape index (κ3) is 18.6. The highest BCUT2D eigenvalue weighted by molar-refractivity contribution is 5.69. The molecule has 2 unspecified atom stereocenters. The number of carboxylic acid groups (broad SMARTS) is 1. The molecule has 2 atom stereocenters. The summed E-state index contributed by atoms with van der Waals surface area (Å²) in [6.45, 7) is 4.48. The summed E-state index contributed by atoms with van der Waals surface area (Å²) in [7, 11) is 0. The minimum atomic E-state index is -0.651. The molecule has 0 heterocycles. The predicted molar refractivity (Wildman–Crippen MR) is 118 cm³/mol. The fourth-order valence-corrected chi connectivity index (χ4v) is 3.89. The molecule has 3 heteroatoms. The molecule has 0 aliphatic heterocycles. The van der Waals surface area contributed by atoms with Gasteiger partial charge in [-0.15, -0.1) is 0 Å². The maximum absolute atomic E-state index is 11.5. The van der Waals surface area contributed by atoms with E-state index in [-0.39, 0.29) is 12.0 Å². The zero-order valence-corrected chi connectivity index (χ0v) is 18.5. The Morgan fingerprint density at radius 2 is 1.04 bits per heavy atom. The Morgan fingerprint density at radius 3 is 1.44 bits per heavy atom. The zero-order chi connectivity index (χ0) is 20.2. The first-order chi connectivity index (χ1) is 13.1. The van der Waals surface area contributed by atoms with E-state index >= 15 is 0 Å². The first-order valence-electron chi connectivity index (χ1n) is 12.1. The molecule has 0 aromatic carbocycles. The van der Waals surface area contributed by atoms with Gasteiger partial charge in [-0.3, -0.25) is 4.79 Å². The predicted octanol–water partition coefficient (Wildman–Crippen LogP) is 7.47. The van der Waals surface area contributed by atoms with Crippen LogP contribution in [0.2, 0.25) is 0 Å². The molecule has 3 nitrogen and oxygen atoms in total. The van der Waals surface area contributed by atoms with Crippen LogP contribution in [0.25, 0.3) is 0 Å². The van der Waals surface area contributed by atoms with Crippen molar-refractivity contribution in [3.8, 4) is 0 Å². The molecule has 0 aliphatic carbocycles. The van der Waals surface area contributed by atoms with Gasteiger partial charge in [0.25, 0.3) is 0 Å². The van der Waals surface area contributed by atoms with E-state index in [1.54, 1.807) is 0 Å². The maximum atomic E-state index is 11.5. The largest absolute Gasteiger partial charge is 0.481 e. The summed E-state index contributed by atoms with van der Waals surface area (Å²) in [5.74, 6) is -0.892. The standard InChI is InChI=1S/C24H49NO2/c1-3-5-7-9-11-12-13-14-16-18-20-23(25)21-22(24(26)27)19-17-15-10-8-6-4-2/h22-23H,3-21,25H2,1-2H3,(H,26,27). The molecular weight excluding hydrogens is 334 g/mol. The maximum Gasteiger partial charge on any atom is 0.306 e. The summed E-state index contributed by atoms with van der Waals surface area (Å²) < 4.78 is 0. The Morgan fingerprint density at radius 1 is 0.667 bits per heavy atom. The Labute approximate surface area is 169 Å². The van der Waals surface area contributed by atoms with E-state index in [0.717, 1.165) is 32.1 Å². The van der Waals surface area contributed by atoms with E-state index in [9.17, 15) is 9.90 Å². The van der Waals surface area contributed by atoms with E-state index in [0.29, 0.717) is 6.42 Å². The van der Waals surface area contributed by atoms with Gasteiger partial charge in [-0.05, 0) is 19.3 Å². The molecule has 0 saturated heterocycles. The Hall–Kier alpha value is -0.570. The molecule has 0 aliphatic rings. The van der Waals surface area contributed by atoms with Gasteiger partial charge in [0, 0.05) is 6.04 Å². The van der Waals surface area contributed by atoms with Crippen LogP contribution < -0.4 is 5.73 Å². The lowest BCUT2D eigenvalue weighted by Gasteiger charge is -2.17. The fraction of sp³-hybridized carbons (Fsp3) is 0.958. The second-order valence-electron chi connectivity index (χ2n) is 8.56. The first-order valence-corrected chi connectivity index (χ1v) is 12.1. The number of aliphatic carboxylic acids is 1. The zero-order valence-electron chi connectivity index (χ0n) is 18.5. The number of unbranched alkanes of at least 4 members (excludes halogenated alkanes) is 14. The van der Waals surface area contributed by atoms with Crippen LogP contribution in [0.4, 0.5) is 0 Å². The Bertz CT molecular complexity index is 320. The molecular formula is C24H49NO2. The highest BCUT2D eigenvalue weighted by Crippen LogP contribution is 2.19. The molecule has 0 bridgehead atoms. The van der Waals surface area contributed by atoms with Crippen molar-refractivity contribution in [2.45, 2.75) is 142 Å². The second-order valence-corrected chi connectivity index (χ2v) is 8.56. The molecule has 0 saturated carbocycles. The van der Waals surface area contributed by atoms with Crippen LogP contribution >= 0.6 is 0 Å². The van der Waals surface area contributed by atoms with Crippen LogP contribution in [-0.2, 0) is 4.79 Å². The number of carboxylic acids is 1. The van der Waals surface area contributed by atoms with E-state index in [2.05, 4.69) is 13.8 Å². The van der Waals surface area contributed by atoms with Gasteiger partial charge in [-0.1, -0.05) is 117 Å². The SMILES string of the molecule is CCCCCCCCCCCCC(N)CC(CCCCCCCC)C(=O)O. The van der Waals surface area contributed by atoms with Gasteiger partial charge in [-0.25, -0.2) is 0 Å². The van der Waals surface area contributed by atoms with Gasteiger partial charge in [0.05, 0.1) is 5.92 Å². The summed E-state index contributed by atoms with van der Waals surface area (Å²) in [5, 5.41) is 9.45. The summed E-state index contributed by atoms with van der Waals surface area (Å²) in [6.07, 6.45) is 23.0. The third-order valence-electron chi connectivity index (χ3n) is 5.77. The average Bonchev–Trinajstić information content (AvgIpc) is 2.64. The van der Waals surface area contributed by atoms with Crippen molar-refractivity contribution in [3.05, 3.63) is 0 Å². The van der Waals surface area contributed by atoms with Crippen LogP contribution in [0.5, 0.6) is 0 Å². The first kappa shape index (κ1) is 26.4. The molecule has 0 rings (SSSR count). The topological polar surface area (TPSA) is 63.3 Å². The van der Waals surface area contributed by atoms with E-state index in [1.165, 1.54) is 83.5 Å². The lowest BCUT2D eigenvalue weighted by molar-refractivity contribution is -0.142. The van der Waals surface area contributed by atoms with Gasteiger partial charge in [0.2, 0.25) is 0 Å². The monoisotopic (exact) mass is 383 g/mol. The number of rotatable bonds is 21. The summed E-state index contributed by atoms with van der Waals surface area (Å²) in [5.41, 5.74) is 6.23. The van der Waals surface area contributed by atoms with Crippen molar-refractivity contribution >= 4 is 5.97 Å². The summed E-state index contributed by atoms with van der Waals surface area (Å²) in [6, 6.07) is 0.0558. The van der Waals surface area contributed by atoms with Crippen LogP contribution in [0.3, 0.4) is 0 Å². The van der Waals surface area contributed by atoms with Crippen LogP contribution in [-0.4, -0.2) is 17.1 Å². The van der Waals surface area contributed by atoms with Crippen LogP contribution in [0, 0.1) is 5.92 Å². The van der Waals surface area contributed by atoms with E-state index in [1.807, 2.05) is 0 Å². The summed E-state index contributed by atoms with van der Waals surface area (Å²) in [4.78, 5) is 11.5. The van der Waals surface area contributed by atoms with Gasteiger partial charge in [-0.2, -0.15) is 0 Å². The van der Waals surface area contributed by atoms with Crippen molar-refractivity contribution in [1.29, 1.82) is 0 Å². The van der Waals surface area contributed by atoms with Gasteiger partial charge in [0.1, 0.15) is 0 Å². The van der Waals surface area contributed by atoms with Gasteiger partial charge < -0.3 is 10.8 Å². The van der Waals surface area contributed by atoms with E-state index in [4.69, 9.17) is 5.73 Å². The smallest absolute Gasteiger partial charge is 0.306 e. The lowest BCUT2D eigenvalue weighted by atomic mass is 9.91. The van der Waals surface area contributed by atoms with Crippen molar-refractivity contribution < 1.29 is 9.90 Å². The van der Waals surface area contributed by atoms with E-state index < -0.39 is 5.97 Å². The van der Waals surface area contributed by atoms with Crippen LogP contribution in [0.1, 0.15) is 136 Å². The molecule has 3 N–H and O–H groups in total. The number of carbonyl (C=O) groups is 1. The molecule has 0 aromatic rings. The van der Waals surface area contributed by atoms with Crippen molar-refractivity contribution in [2.75, 3.05) is 0 Å². The Balaban J connectivity index is 3.62. The number of hydrogen-bond donors (Lipinski definition) is 2. The number of hydrogen-bond acceptors (Lipinski definition) is 2. The minimum absolute atomic E-state index is 0.0558. The van der Waals surface area contributed by atoms with Gasteiger partial charge >= 0.3 is 5.97 Å². The summed E-state index contributed by atoms with van der Waals surface area (Å²) >= 11 is 0. The minimum Gasteiger partial charge on any atom is -0.481 e. The molecule has 0 fully saturated rings. The molecule has 27 heavy (non-hydrogen) atoms. The van der Waals surface area contributed by atoms with Crippen molar-refractivity contribution in [1.82, 2.24) is 0 Å². The number of nitrogens with two attached hydrogens (primary N) is 1. The third-order valence-corrected chi connectivity index (χ3v) is 5.77. The second kappa shape index (κ2) is 20.2. The molecule has 0 radical (unpaired) electrons. The molecule has 0 spiro atoms. The highest BCUT2D eigenvalue weighted by atomic mass is 16.4. The normalized spacial score (nSPS) is 13.6. The molecule has 0 aromatic heterocycles. The Kier molecular flexibility index (Phi) is 19.7. The highest BCUT2D eigenvalue weighted by Gasteiger charge is 2.20.